The summed E-state index contributed by atoms with van der Waals surface area (Å²) in [6.07, 6.45) is 0. The maximum atomic E-state index is 13.9. The third-order valence-corrected chi connectivity index (χ3v) is 8.11. The number of halogens is 1. The van der Waals surface area contributed by atoms with E-state index in [1.54, 1.807) is 74.5 Å². The number of rotatable bonds is 12. The van der Waals surface area contributed by atoms with Crippen molar-refractivity contribution in [1.82, 2.24) is 10.2 Å². The molecule has 0 radical (unpaired) electrons. The number of carbonyl (C=O) groups excluding carboxylic acids is 2. The molecule has 1 atom stereocenters. The summed E-state index contributed by atoms with van der Waals surface area (Å²) in [4.78, 5) is 28.0. The standard InChI is InChI=1S/C29H34ClN3O5S/c1-5-31-29(35)22(4)32(19-23-8-7-9-24(30)18-23)28(34)20-33(25-12-14-26(15-13-25)38-6-2)39(36,37)27-16-10-21(3)11-17-27/h7-18,22H,5-6,19-20H2,1-4H3,(H,31,35)/t22-/m0/s1. The average molecular weight is 572 g/mol. The van der Waals surface area contributed by atoms with Crippen LogP contribution in [0.15, 0.2) is 77.7 Å². The number of aryl methyl sites for hydroxylation is 1. The highest BCUT2D eigenvalue weighted by Crippen LogP contribution is 2.27. The van der Waals surface area contributed by atoms with E-state index in [0.29, 0.717) is 35.2 Å². The van der Waals surface area contributed by atoms with Crippen LogP contribution in [-0.4, -0.2) is 50.9 Å². The largest absolute Gasteiger partial charge is 0.494 e. The first kappa shape index (κ1) is 30.0. The van der Waals surface area contributed by atoms with Crippen LogP contribution in [0.1, 0.15) is 31.9 Å². The lowest BCUT2D eigenvalue weighted by molar-refractivity contribution is -0.139. The zero-order chi connectivity index (χ0) is 28.6. The maximum Gasteiger partial charge on any atom is 0.264 e. The minimum Gasteiger partial charge on any atom is -0.494 e. The Hall–Kier alpha value is -3.56. The number of ether oxygens (including phenoxy) is 1. The summed E-state index contributed by atoms with van der Waals surface area (Å²) in [6, 6.07) is 19.0. The van der Waals surface area contributed by atoms with Crippen LogP contribution in [-0.2, 0) is 26.2 Å². The molecule has 0 aliphatic carbocycles. The van der Waals surface area contributed by atoms with E-state index in [0.717, 1.165) is 9.87 Å². The molecule has 1 N–H and O–H groups in total. The number of hydrogen-bond donors (Lipinski definition) is 1. The summed E-state index contributed by atoms with van der Waals surface area (Å²) in [6.45, 7) is 7.51. The van der Waals surface area contributed by atoms with Crippen LogP contribution in [0.4, 0.5) is 5.69 Å². The highest BCUT2D eigenvalue weighted by Gasteiger charge is 2.32. The summed E-state index contributed by atoms with van der Waals surface area (Å²) in [5.74, 6) is -0.312. The Morgan fingerprint density at radius 3 is 2.26 bits per heavy atom. The van der Waals surface area contributed by atoms with E-state index in [2.05, 4.69) is 5.32 Å². The van der Waals surface area contributed by atoms with Gasteiger partial charge in [0.25, 0.3) is 10.0 Å². The average Bonchev–Trinajstić information content (AvgIpc) is 2.91. The lowest BCUT2D eigenvalue weighted by Crippen LogP contribution is -2.51. The van der Waals surface area contributed by atoms with Crippen molar-refractivity contribution in [3.63, 3.8) is 0 Å². The van der Waals surface area contributed by atoms with E-state index in [-0.39, 0.29) is 17.3 Å². The van der Waals surface area contributed by atoms with E-state index in [9.17, 15) is 18.0 Å². The first-order valence-corrected chi connectivity index (χ1v) is 14.5. The number of benzene rings is 3. The van der Waals surface area contributed by atoms with Crippen molar-refractivity contribution < 1.29 is 22.7 Å². The van der Waals surface area contributed by atoms with Crippen molar-refractivity contribution in [1.29, 1.82) is 0 Å². The van der Waals surface area contributed by atoms with Crippen molar-refractivity contribution in [2.45, 2.75) is 45.2 Å². The number of nitrogens with zero attached hydrogens (tertiary/aromatic N) is 2. The number of likely N-dealkylation sites (N-methyl/N-ethyl adjacent to an activating group) is 1. The van der Waals surface area contributed by atoms with Gasteiger partial charge < -0.3 is 15.0 Å². The first-order valence-electron chi connectivity index (χ1n) is 12.7. The molecule has 0 heterocycles. The summed E-state index contributed by atoms with van der Waals surface area (Å²) < 4.78 is 34.3. The Labute approximate surface area is 235 Å². The van der Waals surface area contributed by atoms with Crippen molar-refractivity contribution >= 4 is 39.1 Å². The molecule has 0 aliphatic rings. The number of anilines is 1. The molecule has 3 aromatic carbocycles. The zero-order valence-corrected chi connectivity index (χ0v) is 24.1. The minimum atomic E-state index is -4.14. The highest BCUT2D eigenvalue weighted by molar-refractivity contribution is 7.92. The molecule has 10 heteroatoms. The van der Waals surface area contributed by atoms with Gasteiger partial charge in [-0.15, -0.1) is 0 Å². The number of sulfonamides is 1. The molecule has 0 fully saturated rings. The molecule has 2 amide bonds. The molecule has 0 bridgehead atoms. The lowest BCUT2D eigenvalue weighted by Gasteiger charge is -2.32. The van der Waals surface area contributed by atoms with Crippen LogP contribution in [0, 0.1) is 6.92 Å². The molecule has 8 nitrogen and oxygen atoms in total. The van der Waals surface area contributed by atoms with E-state index in [4.69, 9.17) is 16.3 Å². The molecular formula is C29H34ClN3O5S. The zero-order valence-electron chi connectivity index (χ0n) is 22.6. The fraction of sp³-hybridized carbons (Fsp3) is 0.310. The third kappa shape index (κ3) is 7.74. The van der Waals surface area contributed by atoms with Crippen LogP contribution in [0.25, 0.3) is 0 Å². The molecule has 3 aromatic rings. The fourth-order valence-electron chi connectivity index (χ4n) is 3.98. The monoisotopic (exact) mass is 571 g/mol. The summed E-state index contributed by atoms with van der Waals surface area (Å²) >= 11 is 6.16. The molecule has 0 aliphatic heterocycles. The second kappa shape index (κ2) is 13.5. The van der Waals surface area contributed by atoms with Gasteiger partial charge in [0.2, 0.25) is 11.8 Å². The third-order valence-electron chi connectivity index (χ3n) is 6.08. The fourth-order valence-corrected chi connectivity index (χ4v) is 5.61. The Kier molecular flexibility index (Phi) is 10.4. The normalized spacial score (nSPS) is 11.9. The van der Waals surface area contributed by atoms with Gasteiger partial charge in [0, 0.05) is 18.1 Å². The predicted octanol–water partition coefficient (Wildman–Crippen LogP) is 4.80. The molecule has 208 valence electrons. The van der Waals surface area contributed by atoms with Crippen molar-refractivity contribution in [2.24, 2.45) is 0 Å². The van der Waals surface area contributed by atoms with Crippen LogP contribution >= 0.6 is 11.6 Å². The molecular weight excluding hydrogens is 538 g/mol. The molecule has 0 saturated heterocycles. The molecule has 39 heavy (non-hydrogen) atoms. The van der Waals surface area contributed by atoms with Crippen LogP contribution in [0.3, 0.4) is 0 Å². The number of carbonyl (C=O) groups is 2. The topological polar surface area (TPSA) is 96.0 Å². The first-order chi connectivity index (χ1) is 18.6. The minimum absolute atomic E-state index is 0.0490. The van der Waals surface area contributed by atoms with Crippen LogP contribution in [0.2, 0.25) is 5.02 Å². The van der Waals surface area contributed by atoms with E-state index in [1.807, 2.05) is 13.8 Å². The van der Waals surface area contributed by atoms with Gasteiger partial charge >= 0.3 is 0 Å². The second-order valence-electron chi connectivity index (χ2n) is 8.97. The van der Waals surface area contributed by atoms with Crippen molar-refractivity contribution in [3.05, 3.63) is 88.9 Å². The van der Waals surface area contributed by atoms with Gasteiger partial charge in [0.15, 0.2) is 0 Å². The predicted molar refractivity (Wildman–Crippen MR) is 153 cm³/mol. The Morgan fingerprint density at radius 2 is 1.67 bits per heavy atom. The number of nitrogens with one attached hydrogen (secondary N) is 1. The lowest BCUT2D eigenvalue weighted by atomic mass is 10.1. The molecule has 0 spiro atoms. The summed E-state index contributed by atoms with van der Waals surface area (Å²) in [5.41, 5.74) is 1.91. The Balaban J connectivity index is 2.03. The second-order valence-corrected chi connectivity index (χ2v) is 11.3. The number of hydrogen-bond acceptors (Lipinski definition) is 5. The Bertz CT molecular complexity index is 1380. The van der Waals surface area contributed by atoms with Gasteiger partial charge in [-0.05, 0) is 81.8 Å². The van der Waals surface area contributed by atoms with Gasteiger partial charge in [0.1, 0.15) is 18.3 Å². The quantitative estimate of drug-likeness (QED) is 0.337. The van der Waals surface area contributed by atoms with Crippen molar-refractivity contribution in [2.75, 3.05) is 24.0 Å². The smallest absolute Gasteiger partial charge is 0.264 e. The van der Waals surface area contributed by atoms with E-state index < -0.39 is 28.5 Å². The number of amides is 2. The highest BCUT2D eigenvalue weighted by atomic mass is 35.5. The molecule has 0 aromatic heterocycles. The van der Waals surface area contributed by atoms with E-state index >= 15 is 0 Å². The Morgan fingerprint density at radius 1 is 1.00 bits per heavy atom. The summed E-state index contributed by atoms with van der Waals surface area (Å²) in [5, 5.41) is 3.23. The molecule has 0 saturated carbocycles. The van der Waals surface area contributed by atoms with Gasteiger partial charge in [-0.1, -0.05) is 41.4 Å². The van der Waals surface area contributed by atoms with Gasteiger partial charge in [0.05, 0.1) is 17.2 Å². The SMILES string of the molecule is CCNC(=O)[C@H](C)N(Cc1cccc(Cl)c1)C(=O)CN(c1ccc(OCC)cc1)S(=O)(=O)c1ccc(C)cc1. The van der Waals surface area contributed by atoms with Gasteiger partial charge in [-0.3, -0.25) is 13.9 Å². The summed E-state index contributed by atoms with van der Waals surface area (Å²) in [7, 11) is -4.14. The molecule has 0 unspecified atom stereocenters. The van der Waals surface area contributed by atoms with Gasteiger partial charge in [-0.25, -0.2) is 8.42 Å². The van der Waals surface area contributed by atoms with Crippen molar-refractivity contribution in [3.8, 4) is 5.75 Å². The molecule has 3 rings (SSSR count). The van der Waals surface area contributed by atoms with Crippen LogP contribution < -0.4 is 14.4 Å². The van der Waals surface area contributed by atoms with Gasteiger partial charge in [-0.2, -0.15) is 0 Å². The van der Waals surface area contributed by atoms with Crippen LogP contribution in [0.5, 0.6) is 5.75 Å². The maximum absolute atomic E-state index is 13.9. The van der Waals surface area contributed by atoms with E-state index in [1.165, 1.54) is 17.0 Å².